The van der Waals surface area contributed by atoms with E-state index in [0.29, 0.717) is 0 Å². The highest BCUT2D eigenvalue weighted by atomic mass is 16.3. The molecule has 0 aliphatic heterocycles. The number of aliphatic hydroxyl groups excluding tert-OH is 1. The summed E-state index contributed by atoms with van der Waals surface area (Å²) in [5.41, 5.74) is 1.92. The molecule has 1 atom stereocenters. The number of aliphatic hydroxyl groups is 1. The fourth-order valence-corrected chi connectivity index (χ4v) is 1.08. The van der Waals surface area contributed by atoms with Crippen molar-refractivity contribution in [1.82, 2.24) is 0 Å². The molecule has 0 heterocycles. The first-order chi connectivity index (χ1) is 5.74. The SMILES string of the molecule is Bc1cccc(C(O)CC#N)c1. The van der Waals surface area contributed by atoms with Crippen molar-refractivity contribution in [2.45, 2.75) is 12.5 Å². The predicted octanol–water partition coefficient (Wildman–Crippen LogP) is -0.108. The molecule has 3 heteroatoms. The van der Waals surface area contributed by atoms with Crippen LogP contribution >= 0.6 is 0 Å². The van der Waals surface area contributed by atoms with E-state index in [0.717, 1.165) is 11.0 Å². The highest BCUT2D eigenvalue weighted by Gasteiger charge is 2.05. The Kier molecular flexibility index (Phi) is 2.90. The Hall–Kier alpha value is -1.27. The summed E-state index contributed by atoms with van der Waals surface area (Å²) < 4.78 is 0. The lowest BCUT2D eigenvalue weighted by Crippen LogP contribution is -2.05. The van der Waals surface area contributed by atoms with Gasteiger partial charge in [-0.3, -0.25) is 0 Å². The van der Waals surface area contributed by atoms with Gasteiger partial charge in [0.15, 0.2) is 0 Å². The molecule has 0 aliphatic rings. The summed E-state index contributed by atoms with van der Waals surface area (Å²) in [5, 5.41) is 17.8. The van der Waals surface area contributed by atoms with E-state index in [1.807, 2.05) is 38.2 Å². The van der Waals surface area contributed by atoms with E-state index in [2.05, 4.69) is 0 Å². The maximum Gasteiger partial charge on any atom is 0.139 e. The third-order valence-electron chi connectivity index (χ3n) is 1.71. The second-order valence-corrected chi connectivity index (χ2v) is 2.79. The lowest BCUT2D eigenvalue weighted by molar-refractivity contribution is 0.183. The second kappa shape index (κ2) is 3.94. The summed E-state index contributed by atoms with van der Waals surface area (Å²) in [6.07, 6.45) is -0.487. The zero-order chi connectivity index (χ0) is 8.97. The quantitative estimate of drug-likeness (QED) is 0.612. The molecule has 1 aromatic rings. The van der Waals surface area contributed by atoms with Gasteiger partial charge in [-0.2, -0.15) is 5.26 Å². The first kappa shape index (κ1) is 8.83. The second-order valence-electron chi connectivity index (χ2n) is 2.79. The zero-order valence-electron chi connectivity index (χ0n) is 6.99. The first-order valence-electron chi connectivity index (χ1n) is 3.85. The lowest BCUT2D eigenvalue weighted by Gasteiger charge is -2.06. The summed E-state index contributed by atoms with van der Waals surface area (Å²) in [5.74, 6) is 0. The normalized spacial score (nSPS) is 12.0. The van der Waals surface area contributed by atoms with Crippen LogP contribution in [0.1, 0.15) is 18.1 Å². The molecule has 0 fully saturated rings. The van der Waals surface area contributed by atoms with Crippen LogP contribution in [-0.2, 0) is 0 Å². The minimum absolute atomic E-state index is 0.156. The molecule has 1 N–H and O–H groups in total. The monoisotopic (exact) mass is 159 g/mol. The topological polar surface area (TPSA) is 44.0 Å². The van der Waals surface area contributed by atoms with Crippen LogP contribution in [0.25, 0.3) is 0 Å². The molecular weight excluding hydrogens is 149 g/mol. The van der Waals surface area contributed by atoms with E-state index in [4.69, 9.17) is 5.26 Å². The summed E-state index contributed by atoms with van der Waals surface area (Å²) in [4.78, 5) is 0. The van der Waals surface area contributed by atoms with E-state index < -0.39 is 6.10 Å². The van der Waals surface area contributed by atoms with Gasteiger partial charge in [-0.1, -0.05) is 29.7 Å². The average Bonchev–Trinajstić information content (AvgIpc) is 2.05. The molecule has 12 heavy (non-hydrogen) atoms. The Morgan fingerprint density at radius 3 is 2.92 bits per heavy atom. The third kappa shape index (κ3) is 2.11. The first-order valence-corrected chi connectivity index (χ1v) is 3.85. The van der Waals surface area contributed by atoms with Gasteiger partial charge in [-0.05, 0) is 5.56 Å². The van der Waals surface area contributed by atoms with Gasteiger partial charge in [0.1, 0.15) is 7.85 Å². The number of hydrogen-bond acceptors (Lipinski definition) is 2. The Morgan fingerprint density at radius 2 is 2.33 bits per heavy atom. The van der Waals surface area contributed by atoms with Gasteiger partial charge in [0.25, 0.3) is 0 Å². The summed E-state index contributed by atoms with van der Waals surface area (Å²) >= 11 is 0. The van der Waals surface area contributed by atoms with Crippen molar-refractivity contribution in [1.29, 1.82) is 5.26 Å². The minimum atomic E-state index is -0.644. The smallest absolute Gasteiger partial charge is 0.139 e. The number of hydrogen-bond donors (Lipinski definition) is 1. The van der Waals surface area contributed by atoms with Crippen molar-refractivity contribution in [3.63, 3.8) is 0 Å². The van der Waals surface area contributed by atoms with E-state index in [1.165, 1.54) is 0 Å². The van der Waals surface area contributed by atoms with Gasteiger partial charge in [0, 0.05) is 0 Å². The number of benzene rings is 1. The molecule has 0 aliphatic carbocycles. The Balaban J connectivity index is 2.82. The van der Waals surface area contributed by atoms with Crippen LogP contribution < -0.4 is 5.46 Å². The van der Waals surface area contributed by atoms with Crippen molar-refractivity contribution in [3.05, 3.63) is 29.8 Å². The predicted molar refractivity (Wildman–Crippen MR) is 49.8 cm³/mol. The van der Waals surface area contributed by atoms with Gasteiger partial charge in [-0.15, -0.1) is 0 Å². The molecule has 0 saturated heterocycles. The van der Waals surface area contributed by atoms with Gasteiger partial charge >= 0.3 is 0 Å². The van der Waals surface area contributed by atoms with Crippen molar-refractivity contribution in [2.24, 2.45) is 0 Å². The van der Waals surface area contributed by atoms with Gasteiger partial charge < -0.3 is 5.11 Å². The zero-order valence-corrected chi connectivity index (χ0v) is 6.99. The van der Waals surface area contributed by atoms with Crippen LogP contribution in [0.15, 0.2) is 24.3 Å². The number of nitrogens with zero attached hydrogens (tertiary/aromatic N) is 1. The molecule has 60 valence electrons. The largest absolute Gasteiger partial charge is 0.387 e. The average molecular weight is 159 g/mol. The molecule has 0 amide bonds. The van der Waals surface area contributed by atoms with E-state index in [-0.39, 0.29) is 6.42 Å². The van der Waals surface area contributed by atoms with Crippen molar-refractivity contribution in [2.75, 3.05) is 0 Å². The highest BCUT2D eigenvalue weighted by molar-refractivity contribution is 6.32. The Labute approximate surface area is 72.9 Å². The minimum Gasteiger partial charge on any atom is -0.387 e. The van der Waals surface area contributed by atoms with Gasteiger partial charge in [0.2, 0.25) is 0 Å². The summed E-state index contributed by atoms with van der Waals surface area (Å²) in [6, 6.07) is 9.50. The molecule has 0 spiro atoms. The molecule has 2 nitrogen and oxygen atoms in total. The third-order valence-corrected chi connectivity index (χ3v) is 1.71. The molecule has 1 rings (SSSR count). The van der Waals surface area contributed by atoms with E-state index in [9.17, 15) is 5.11 Å². The molecule has 1 aromatic carbocycles. The van der Waals surface area contributed by atoms with E-state index >= 15 is 0 Å². The maximum absolute atomic E-state index is 9.42. The van der Waals surface area contributed by atoms with Crippen LogP contribution in [0, 0.1) is 11.3 Å². The fourth-order valence-electron chi connectivity index (χ4n) is 1.08. The van der Waals surface area contributed by atoms with Crippen LogP contribution in [0.2, 0.25) is 0 Å². The van der Waals surface area contributed by atoms with Crippen molar-refractivity contribution < 1.29 is 5.11 Å². The van der Waals surface area contributed by atoms with Gasteiger partial charge in [-0.25, -0.2) is 0 Å². The number of rotatable bonds is 2. The standard InChI is InChI=1S/C9H10BNO/c10-8-3-1-2-7(6-8)9(12)4-5-11/h1-3,6,9,12H,4,10H2. The molecular formula is C9H10BNO. The van der Waals surface area contributed by atoms with Crippen molar-refractivity contribution >= 4 is 13.3 Å². The molecule has 0 radical (unpaired) electrons. The summed E-state index contributed by atoms with van der Waals surface area (Å²) in [7, 11) is 1.96. The highest BCUT2D eigenvalue weighted by Crippen LogP contribution is 2.13. The molecule has 1 unspecified atom stereocenters. The Morgan fingerprint density at radius 1 is 1.58 bits per heavy atom. The number of nitriles is 1. The lowest BCUT2D eigenvalue weighted by atomic mass is 9.93. The maximum atomic E-state index is 9.42. The Bertz CT molecular complexity index is 306. The summed E-state index contributed by atoms with van der Waals surface area (Å²) in [6.45, 7) is 0. The van der Waals surface area contributed by atoms with E-state index in [1.54, 1.807) is 0 Å². The van der Waals surface area contributed by atoms with Crippen LogP contribution in [0.4, 0.5) is 0 Å². The molecule has 0 aromatic heterocycles. The van der Waals surface area contributed by atoms with Gasteiger partial charge in [0.05, 0.1) is 18.6 Å². The van der Waals surface area contributed by atoms with Crippen LogP contribution in [0.5, 0.6) is 0 Å². The molecule has 0 saturated carbocycles. The van der Waals surface area contributed by atoms with Crippen LogP contribution in [0.3, 0.4) is 0 Å². The van der Waals surface area contributed by atoms with Crippen molar-refractivity contribution in [3.8, 4) is 6.07 Å². The van der Waals surface area contributed by atoms with Crippen LogP contribution in [-0.4, -0.2) is 13.0 Å². The molecule has 0 bridgehead atoms. The fraction of sp³-hybridized carbons (Fsp3) is 0.222.